The van der Waals surface area contributed by atoms with E-state index >= 15 is 0 Å². The minimum Gasteiger partial charge on any atom is -0.493 e. The van der Waals surface area contributed by atoms with Crippen molar-refractivity contribution in [1.82, 2.24) is 0 Å². The van der Waals surface area contributed by atoms with Gasteiger partial charge in [-0.2, -0.15) is 13.2 Å². The summed E-state index contributed by atoms with van der Waals surface area (Å²) in [6.07, 6.45) is -3.88. The summed E-state index contributed by atoms with van der Waals surface area (Å²) in [6.45, 7) is 1.42. The Bertz CT molecular complexity index is 394. The monoisotopic (exact) mass is 277 g/mol. The number of hydrogen-bond acceptors (Lipinski definition) is 3. The van der Waals surface area contributed by atoms with E-state index in [0.717, 1.165) is 11.1 Å². The summed E-state index contributed by atoms with van der Waals surface area (Å²) < 4.78 is 45.3. The Morgan fingerprint density at radius 2 is 1.95 bits per heavy atom. The summed E-state index contributed by atoms with van der Waals surface area (Å²) >= 11 is 0. The van der Waals surface area contributed by atoms with Gasteiger partial charge in [0.2, 0.25) is 0 Å². The summed E-state index contributed by atoms with van der Waals surface area (Å²) in [5, 5.41) is 0. The molecule has 6 heteroatoms. The summed E-state index contributed by atoms with van der Waals surface area (Å²) in [5.74, 6) is 0.670. The zero-order valence-corrected chi connectivity index (χ0v) is 10.8. The van der Waals surface area contributed by atoms with Gasteiger partial charge in [0.25, 0.3) is 0 Å². The largest absolute Gasteiger partial charge is 0.493 e. The van der Waals surface area contributed by atoms with E-state index in [1.54, 1.807) is 0 Å². The molecule has 19 heavy (non-hydrogen) atoms. The molecule has 1 aromatic rings. The maximum Gasteiger partial charge on any atom is 0.411 e. The van der Waals surface area contributed by atoms with Crippen molar-refractivity contribution in [3.63, 3.8) is 0 Å². The van der Waals surface area contributed by atoms with Gasteiger partial charge in [-0.15, -0.1) is 0 Å². The number of nitrogens with two attached hydrogens (primary N) is 1. The molecule has 0 aromatic heterocycles. The molecule has 0 fully saturated rings. The number of hydrogen-bond donors (Lipinski definition) is 1. The number of benzene rings is 1. The molecular weight excluding hydrogens is 259 g/mol. The van der Waals surface area contributed by atoms with Crippen LogP contribution in [-0.2, 0) is 11.3 Å². The van der Waals surface area contributed by atoms with Crippen molar-refractivity contribution >= 4 is 0 Å². The summed E-state index contributed by atoms with van der Waals surface area (Å²) in [4.78, 5) is 0. The van der Waals surface area contributed by atoms with Crippen molar-refractivity contribution < 1.29 is 22.6 Å². The van der Waals surface area contributed by atoms with Crippen molar-refractivity contribution in [2.24, 2.45) is 5.73 Å². The van der Waals surface area contributed by atoms with E-state index in [4.69, 9.17) is 10.5 Å². The second-order valence-electron chi connectivity index (χ2n) is 4.19. The number of rotatable bonds is 7. The lowest BCUT2D eigenvalue weighted by atomic mass is 10.1. The minimum atomic E-state index is -4.27. The summed E-state index contributed by atoms with van der Waals surface area (Å²) in [7, 11) is 0. The zero-order chi connectivity index (χ0) is 14.3. The van der Waals surface area contributed by atoms with Crippen molar-refractivity contribution in [2.45, 2.75) is 26.1 Å². The number of halogens is 3. The molecule has 3 nitrogen and oxygen atoms in total. The first-order chi connectivity index (χ1) is 8.92. The average Bonchev–Trinajstić information content (AvgIpc) is 2.33. The first-order valence-corrected chi connectivity index (χ1v) is 5.99. The van der Waals surface area contributed by atoms with Crippen molar-refractivity contribution in [1.29, 1.82) is 0 Å². The quantitative estimate of drug-likeness (QED) is 0.779. The van der Waals surface area contributed by atoms with Crippen LogP contribution in [0, 0.1) is 6.92 Å². The second-order valence-corrected chi connectivity index (χ2v) is 4.19. The molecule has 0 radical (unpaired) electrons. The van der Waals surface area contributed by atoms with Gasteiger partial charge >= 0.3 is 6.18 Å². The van der Waals surface area contributed by atoms with Gasteiger partial charge in [-0.3, -0.25) is 0 Å². The molecule has 108 valence electrons. The van der Waals surface area contributed by atoms with Crippen LogP contribution in [0.1, 0.15) is 17.5 Å². The van der Waals surface area contributed by atoms with E-state index in [0.29, 0.717) is 25.3 Å². The first kappa shape index (κ1) is 15.8. The van der Waals surface area contributed by atoms with Crippen LogP contribution >= 0.6 is 0 Å². The third kappa shape index (κ3) is 6.45. The van der Waals surface area contributed by atoms with Crippen LogP contribution in [0.25, 0.3) is 0 Å². The third-order valence-electron chi connectivity index (χ3n) is 2.39. The molecule has 0 bridgehead atoms. The number of alkyl halides is 3. The predicted molar refractivity (Wildman–Crippen MR) is 66.1 cm³/mol. The van der Waals surface area contributed by atoms with Gasteiger partial charge in [0.15, 0.2) is 0 Å². The highest BCUT2D eigenvalue weighted by Gasteiger charge is 2.27. The van der Waals surface area contributed by atoms with Gasteiger partial charge in [-0.25, -0.2) is 0 Å². The fourth-order valence-electron chi connectivity index (χ4n) is 1.54. The normalized spacial score (nSPS) is 11.6. The Morgan fingerprint density at radius 1 is 1.21 bits per heavy atom. The Hall–Kier alpha value is -1.27. The topological polar surface area (TPSA) is 44.5 Å². The van der Waals surface area contributed by atoms with Gasteiger partial charge in [0, 0.05) is 18.5 Å². The second kappa shape index (κ2) is 7.35. The van der Waals surface area contributed by atoms with Crippen LogP contribution < -0.4 is 10.5 Å². The highest BCUT2D eigenvalue weighted by Crippen LogP contribution is 2.19. The first-order valence-electron chi connectivity index (χ1n) is 5.99. The van der Waals surface area contributed by atoms with Gasteiger partial charge in [0.05, 0.1) is 13.2 Å². The molecule has 0 aliphatic heterocycles. The van der Waals surface area contributed by atoms with E-state index in [9.17, 15) is 13.2 Å². The van der Waals surface area contributed by atoms with E-state index < -0.39 is 12.8 Å². The van der Waals surface area contributed by atoms with Crippen molar-refractivity contribution in [3.8, 4) is 5.75 Å². The predicted octanol–water partition coefficient (Wildman–Crippen LogP) is 2.80. The van der Waals surface area contributed by atoms with Crippen molar-refractivity contribution in [3.05, 3.63) is 29.3 Å². The minimum absolute atomic E-state index is 0.0172. The molecule has 1 rings (SSSR count). The molecule has 0 unspecified atom stereocenters. The number of ether oxygens (including phenoxy) is 2. The highest BCUT2D eigenvalue weighted by molar-refractivity contribution is 5.36. The molecule has 0 spiro atoms. The maximum atomic E-state index is 11.8. The van der Waals surface area contributed by atoms with Gasteiger partial charge < -0.3 is 15.2 Å². The zero-order valence-electron chi connectivity index (χ0n) is 10.8. The molecule has 0 aliphatic rings. The lowest BCUT2D eigenvalue weighted by molar-refractivity contribution is -0.174. The van der Waals surface area contributed by atoms with Gasteiger partial charge in [-0.1, -0.05) is 17.7 Å². The fourth-order valence-corrected chi connectivity index (χ4v) is 1.54. The molecule has 0 atom stereocenters. The lowest BCUT2D eigenvalue weighted by Gasteiger charge is -2.11. The van der Waals surface area contributed by atoms with Crippen LogP contribution in [0.3, 0.4) is 0 Å². The third-order valence-corrected chi connectivity index (χ3v) is 2.39. The molecule has 0 saturated carbocycles. The Morgan fingerprint density at radius 3 is 2.58 bits per heavy atom. The SMILES string of the molecule is Cc1ccc(OCCCOCC(F)(F)F)c(CN)c1. The Balaban J connectivity index is 2.26. The lowest BCUT2D eigenvalue weighted by Crippen LogP contribution is -2.18. The van der Waals surface area contributed by atoms with Crippen LogP contribution in [0.15, 0.2) is 18.2 Å². The van der Waals surface area contributed by atoms with E-state index in [2.05, 4.69) is 4.74 Å². The molecular formula is C13H18F3NO2. The molecule has 0 saturated heterocycles. The van der Waals surface area contributed by atoms with Gasteiger partial charge in [0.1, 0.15) is 12.4 Å². The molecule has 0 aliphatic carbocycles. The molecule has 0 heterocycles. The Kier molecular flexibility index (Phi) is 6.11. The average molecular weight is 277 g/mol. The van der Waals surface area contributed by atoms with Crippen LogP contribution in [-0.4, -0.2) is 26.0 Å². The maximum absolute atomic E-state index is 11.8. The number of aryl methyl sites for hydroxylation is 1. The molecule has 0 amide bonds. The standard InChI is InChI=1S/C13H18F3NO2/c1-10-3-4-12(11(7-10)8-17)19-6-2-5-18-9-13(14,15)16/h3-4,7H,2,5-6,8-9,17H2,1H3. The van der Waals surface area contributed by atoms with E-state index in [1.165, 1.54) is 0 Å². The Labute approximate surface area is 110 Å². The van der Waals surface area contributed by atoms with E-state index in [-0.39, 0.29) is 6.61 Å². The van der Waals surface area contributed by atoms with Gasteiger partial charge in [-0.05, 0) is 13.0 Å². The van der Waals surface area contributed by atoms with Crippen LogP contribution in [0.5, 0.6) is 5.75 Å². The fraction of sp³-hybridized carbons (Fsp3) is 0.538. The molecule has 2 N–H and O–H groups in total. The van der Waals surface area contributed by atoms with E-state index in [1.807, 2.05) is 25.1 Å². The van der Waals surface area contributed by atoms with Crippen molar-refractivity contribution in [2.75, 3.05) is 19.8 Å². The summed E-state index contributed by atoms with van der Waals surface area (Å²) in [5.41, 5.74) is 7.56. The van der Waals surface area contributed by atoms with Crippen LogP contribution in [0.4, 0.5) is 13.2 Å². The molecule has 1 aromatic carbocycles. The smallest absolute Gasteiger partial charge is 0.411 e. The highest BCUT2D eigenvalue weighted by atomic mass is 19.4. The van der Waals surface area contributed by atoms with Crippen LogP contribution in [0.2, 0.25) is 0 Å². The summed E-state index contributed by atoms with van der Waals surface area (Å²) in [6, 6.07) is 5.64.